The van der Waals surface area contributed by atoms with Crippen molar-refractivity contribution in [3.8, 4) is 28.5 Å². The van der Waals surface area contributed by atoms with Gasteiger partial charge in [-0.2, -0.15) is 0 Å². The monoisotopic (exact) mass is 520 g/mol. The molecule has 1 aromatic heterocycles. The van der Waals surface area contributed by atoms with E-state index in [1.807, 2.05) is 13.0 Å². The van der Waals surface area contributed by atoms with Crippen LogP contribution in [0.1, 0.15) is 15.9 Å². The van der Waals surface area contributed by atoms with Crippen LogP contribution in [0.4, 0.5) is 5.69 Å². The lowest BCUT2D eigenvalue weighted by molar-refractivity contribution is -0.119. The van der Waals surface area contributed by atoms with E-state index in [4.69, 9.17) is 35.5 Å². The van der Waals surface area contributed by atoms with Crippen molar-refractivity contribution in [2.75, 3.05) is 33.3 Å². The quantitative estimate of drug-likeness (QED) is 0.298. The number of aromatic nitrogens is 1. The van der Waals surface area contributed by atoms with Gasteiger partial charge in [-0.05, 0) is 48.9 Å². The summed E-state index contributed by atoms with van der Waals surface area (Å²) in [4.78, 5) is 30.2. The second-order valence-electron chi connectivity index (χ2n) is 8.07. The van der Waals surface area contributed by atoms with Gasteiger partial charge in [0.2, 0.25) is 5.75 Å². The zero-order valence-electron chi connectivity index (χ0n) is 20.8. The Morgan fingerprint density at radius 3 is 2.27 bits per heavy atom. The van der Waals surface area contributed by atoms with Gasteiger partial charge in [-0.25, -0.2) is 9.78 Å². The summed E-state index contributed by atoms with van der Waals surface area (Å²) in [5.41, 5.74) is 3.38. The van der Waals surface area contributed by atoms with Crippen molar-refractivity contribution in [2.45, 2.75) is 6.92 Å². The lowest BCUT2D eigenvalue weighted by Gasteiger charge is -2.15. The molecule has 0 aliphatic carbocycles. The maximum Gasteiger partial charge on any atom is 0.339 e. The summed E-state index contributed by atoms with van der Waals surface area (Å²) < 4.78 is 21.7. The smallest absolute Gasteiger partial charge is 0.339 e. The second-order valence-corrected chi connectivity index (χ2v) is 8.48. The fourth-order valence-electron chi connectivity index (χ4n) is 3.80. The lowest BCUT2D eigenvalue weighted by atomic mass is 10.0. The molecule has 0 saturated heterocycles. The Morgan fingerprint density at radius 2 is 1.62 bits per heavy atom. The molecule has 4 aromatic rings. The molecule has 37 heavy (non-hydrogen) atoms. The van der Waals surface area contributed by atoms with Crippen LogP contribution in [0, 0.1) is 6.92 Å². The van der Waals surface area contributed by atoms with Crippen LogP contribution in [-0.4, -0.2) is 44.8 Å². The third kappa shape index (κ3) is 5.59. The Hall–Kier alpha value is -4.30. The van der Waals surface area contributed by atoms with Gasteiger partial charge in [-0.1, -0.05) is 35.9 Å². The number of esters is 1. The fourth-order valence-corrected chi connectivity index (χ4v) is 3.98. The van der Waals surface area contributed by atoms with Crippen LogP contribution in [0.5, 0.6) is 17.2 Å². The highest BCUT2D eigenvalue weighted by atomic mass is 35.5. The molecule has 0 radical (unpaired) electrons. The second kappa shape index (κ2) is 11.2. The molecule has 0 saturated carbocycles. The maximum absolute atomic E-state index is 13.1. The van der Waals surface area contributed by atoms with E-state index in [0.29, 0.717) is 50.1 Å². The van der Waals surface area contributed by atoms with Crippen LogP contribution in [0.3, 0.4) is 0 Å². The van der Waals surface area contributed by atoms with Gasteiger partial charge in [0.25, 0.3) is 5.91 Å². The molecule has 4 rings (SSSR count). The number of hydrogen-bond donors (Lipinski definition) is 1. The van der Waals surface area contributed by atoms with Crippen molar-refractivity contribution in [2.24, 2.45) is 0 Å². The molecule has 1 heterocycles. The number of nitrogens with zero attached hydrogens (tertiary/aromatic N) is 1. The number of rotatable bonds is 8. The number of methoxy groups -OCH3 is 3. The minimum Gasteiger partial charge on any atom is -0.493 e. The molecule has 8 nitrogen and oxygen atoms in total. The SMILES string of the molecule is COc1cc(-c2cc(C(=O)OCC(=O)Nc3ccc(C)c(Cl)c3)c3ccccc3n2)cc(OC)c1OC. The molecule has 0 aliphatic heterocycles. The largest absolute Gasteiger partial charge is 0.493 e. The molecular weight excluding hydrogens is 496 g/mol. The molecular formula is C28H25ClN2O6. The number of pyridine rings is 1. The first-order valence-electron chi connectivity index (χ1n) is 11.3. The Labute approximate surface area is 219 Å². The van der Waals surface area contributed by atoms with E-state index >= 15 is 0 Å². The zero-order valence-corrected chi connectivity index (χ0v) is 21.5. The molecule has 1 amide bonds. The number of hydrogen-bond acceptors (Lipinski definition) is 7. The zero-order chi connectivity index (χ0) is 26.5. The average molecular weight is 521 g/mol. The summed E-state index contributed by atoms with van der Waals surface area (Å²) in [6.45, 7) is 1.39. The molecule has 0 spiro atoms. The van der Waals surface area contributed by atoms with Gasteiger partial charge in [0, 0.05) is 21.7 Å². The number of fused-ring (bicyclic) bond motifs is 1. The third-order valence-electron chi connectivity index (χ3n) is 5.69. The van der Waals surface area contributed by atoms with Gasteiger partial charge in [-0.15, -0.1) is 0 Å². The highest BCUT2D eigenvalue weighted by Gasteiger charge is 2.19. The minimum absolute atomic E-state index is 0.264. The van der Waals surface area contributed by atoms with Crippen LogP contribution >= 0.6 is 11.6 Å². The predicted molar refractivity (Wildman–Crippen MR) is 142 cm³/mol. The molecule has 0 aliphatic rings. The number of carbonyl (C=O) groups excluding carboxylic acids is 2. The minimum atomic E-state index is -0.663. The van der Waals surface area contributed by atoms with Crippen molar-refractivity contribution in [3.05, 3.63) is 76.8 Å². The molecule has 9 heteroatoms. The van der Waals surface area contributed by atoms with Gasteiger partial charge in [0.05, 0.1) is 38.1 Å². The lowest BCUT2D eigenvalue weighted by Crippen LogP contribution is -2.21. The van der Waals surface area contributed by atoms with Crippen LogP contribution in [0.25, 0.3) is 22.2 Å². The van der Waals surface area contributed by atoms with E-state index in [0.717, 1.165) is 5.56 Å². The molecule has 0 unspecified atom stereocenters. The van der Waals surface area contributed by atoms with Crippen molar-refractivity contribution in [1.29, 1.82) is 0 Å². The van der Waals surface area contributed by atoms with Gasteiger partial charge in [-0.3, -0.25) is 4.79 Å². The summed E-state index contributed by atoms with van der Waals surface area (Å²) in [7, 11) is 4.56. The summed E-state index contributed by atoms with van der Waals surface area (Å²) in [6.07, 6.45) is 0. The third-order valence-corrected chi connectivity index (χ3v) is 6.09. The van der Waals surface area contributed by atoms with Crippen LogP contribution in [0.2, 0.25) is 5.02 Å². The first kappa shape index (κ1) is 25.8. The average Bonchev–Trinajstić information content (AvgIpc) is 2.92. The number of anilines is 1. The van der Waals surface area contributed by atoms with E-state index in [-0.39, 0.29) is 5.56 Å². The van der Waals surface area contributed by atoms with Crippen LogP contribution in [-0.2, 0) is 9.53 Å². The van der Waals surface area contributed by atoms with Crippen molar-refractivity contribution >= 4 is 40.1 Å². The Morgan fingerprint density at radius 1 is 0.919 bits per heavy atom. The molecule has 0 atom stereocenters. The van der Waals surface area contributed by atoms with Gasteiger partial charge in [0.15, 0.2) is 18.1 Å². The molecule has 0 fully saturated rings. The number of ether oxygens (including phenoxy) is 4. The van der Waals surface area contributed by atoms with Crippen LogP contribution < -0.4 is 19.5 Å². The van der Waals surface area contributed by atoms with E-state index < -0.39 is 18.5 Å². The van der Waals surface area contributed by atoms with Crippen molar-refractivity contribution < 1.29 is 28.5 Å². The summed E-state index contributed by atoms with van der Waals surface area (Å²) in [5, 5.41) is 3.79. The van der Waals surface area contributed by atoms with Gasteiger partial charge in [0.1, 0.15) is 0 Å². The van der Waals surface area contributed by atoms with Gasteiger partial charge >= 0.3 is 5.97 Å². The normalized spacial score (nSPS) is 10.6. The van der Waals surface area contributed by atoms with Crippen molar-refractivity contribution in [1.82, 2.24) is 4.98 Å². The van der Waals surface area contributed by atoms with E-state index in [2.05, 4.69) is 5.32 Å². The number of aryl methyl sites for hydroxylation is 1. The number of carbonyl (C=O) groups is 2. The predicted octanol–water partition coefficient (Wildman–Crippen LogP) is 5.68. The number of halogens is 1. The van der Waals surface area contributed by atoms with E-state index in [1.54, 1.807) is 54.6 Å². The molecule has 0 bridgehead atoms. The van der Waals surface area contributed by atoms with Crippen molar-refractivity contribution in [3.63, 3.8) is 0 Å². The molecule has 190 valence electrons. The first-order chi connectivity index (χ1) is 17.8. The topological polar surface area (TPSA) is 96.0 Å². The Kier molecular flexibility index (Phi) is 7.79. The first-order valence-corrected chi connectivity index (χ1v) is 11.7. The number of amides is 1. The van der Waals surface area contributed by atoms with E-state index in [1.165, 1.54) is 21.3 Å². The summed E-state index contributed by atoms with van der Waals surface area (Å²) in [6, 6.07) is 17.4. The summed E-state index contributed by atoms with van der Waals surface area (Å²) >= 11 is 6.12. The Balaban J connectivity index is 1.63. The Bertz CT molecular complexity index is 1460. The van der Waals surface area contributed by atoms with E-state index in [9.17, 15) is 9.59 Å². The fraction of sp³-hybridized carbons (Fsp3) is 0.179. The van der Waals surface area contributed by atoms with Crippen LogP contribution in [0.15, 0.2) is 60.7 Å². The standard InChI is InChI=1S/C28H25ClN2O6/c1-16-9-10-18(13-21(16)29)30-26(32)15-37-28(33)20-14-23(31-22-8-6-5-7-19(20)22)17-11-24(34-2)27(36-4)25(12-17)35-3/h5-14H,15H2,1-4H3,(H,30,32). The number of nitrogens with one attached hydrogen (secondary N) is 1. The molecule has 1 N–H and O–H groups in total. The highest BCUT2D eigenvalue weighted by Crippen LogP contribution is 2.41. The highest BCUT2D eigenvalue weighted by molar-refractivity contribution is 6.31. The number of benzene rings is 3. The molecule has 3 aromatic carbocycles. The van der Waals surface area contributed by atoms with Gasteiger partial charge < -0.3 is 24.3 Å². The summed E-state index contributed by atoms with van der Waals surface area (Å²) in [5.74, 6) is 0.184. The number of para-hydroxylation sites is 1. The maximum atomic E-state index is 13.1.